The van der Waals surface area contributed by atoms with E-state index in [-0.39, 0.29) is 0 Å². The molecule has 1 aliphatic rings. The fourth-order valence-electron chi connectivity index (χ4n) is 2.36. The van der Waals surface area contributed by atoms with Crippen LogP contribution >= 0.6 is 0 Å². The van der Waals surface area contributed by atoms with Crippen molar-refractivity contribution in [3.05, 3.63) is 48.0 Å². The van der Waals surface area contributed by atoms with Gasteiger partial charge in [0.15, 0.2) is 0 Å². The van der Waals surface area contributed by atoms with Gasteiger partial charge in [0.2, 0.25) is 0 Å². The molecular formula is C16H20O. The molecule has 0 unspecified atom stereocenters. The molecule has 90 valence electrons. The van der Waals surface area contributed by atoms with Crippen LogP contribution in [0.2, 0.25) is 0 Å². The Morgan fingerprint density at radius 2 is 2.06 bits per heavy atom. The summed E-state index contributed by atoms with van der Waals surface area (Å²) in [5.74, 6) is 0.961. The second kappa shape index (κ2) is 6.39. The van der Waals surface area contributed by atoms with E-state index in [0.717, 1.165) is 32.1 Å². The van der Waals surface area contributed by atoms with E-state index in [2.05, 4.69) is 42.5 Å². The largest absolute Gasteiger partial charge is 0.300 e. The van der Waals surface area contributed by atoms with Crippen molar-refractivity contribution in [1.29, 1.82) is 0 Å². The molecule has 0 bridgehead atoms. The maximum atomic E-state index is 11.1. The highest BCUT2D eigenvalue weighted by Crippen LogP contribution is 2.23. The summed E-state index contributed by atoms with van der Waals surface area (Å²) < 4.78 is 0. The summed E-state index contributed by atoms with van der Waals surface area (Å²) in [6.07, 6.45) is 10.6. The first kappa shape index (κ1) is 12.1. The molecule has 0 aromatic heterocycles. The van der Waals surface area contributed by atoms with Crippen LogP contribution in [0.15, 0.2) is 42.5 Å². The second-order valence-corrected chi connectivity index (χ2v) is 4.85. The molecule has 0 aliphatic heterocycles. The molecule has 1 atom stereocenters. The number of unbranched alkanes of at least 4 members (excludes halogenated alkanes) is 1. The topological polar surface area (TPSA) is 17.1 Å². The number of Topliss-reactive ketones (excluding diaryl/α,β-unsaturated/α-hetero) is 1. The average molecular weight is 228 g/mol. The predicted molar refractivity (Wildman–Crippen MR) is 70.9 cm³/mol. The van der Waals surface area contributed by atoms with Crippen molar-refractivity contribution in [2.24, 2.45) is 5.92 Å². The summed E-state index contributed by atoms with van der Waals surface area (Å²) >= 11 is 0. The summed E-state index contributed by atoms with van der Waals surface area (Å²) in [6.45, 7) is 0. The Hall–Kier alpha value is -1.37. The van der Waals surface area contributed by atoms with Crippen molar-refractivity contribution >= 4 is 5.78 Å². The molecule has 0 N–H and O–H groups in total. The van der Waals surface area contributed by atoms with Gasteiger partial charge in [0.1, 0.15) is 5.78 Å². The molecule has 1 saturated carbocycles. The molecule has 1 heteroatoms. The Balaban J connectivity index is 1.63. The third kappa shape index (κ3) is 4.18. The van der Waals surface area contributed by atoms with Gasteiger partial charge in [0, 0.05) is 12.8 Å². The van der Waals surface area contributed by atoms with Gasteiger partial charge in [-0.1, -0.05) is 42.5 Å². The normalized spacial score (nSPS) is 20.2. The minimum atomic E-state index is 0.434. The smallest absolute Gasteiger partial charge is 0.133 e. The molecule has 0 heterocycles. The number of hydrogen-bond acceptors (Lipinski definition) is 1. The molecule has 1 aliphatic carbocycles. The summed E-state index contributed by atoms with van der Waals surface area (Å²) in [5.41, 5.74) is 1.41. The SMILES string of the molecule is O=C1CC[C@H](/C=C/CCCc2ccccc2)C1. The van der Waals surface area contributed by atoms with E-state index in [4.69, 9.17) is 0 Å². The first-order valence-corrected chi connectivity index (χ1v) is 6.57. The van der Waals surface area contributed by atoms with Crippen LogP contribution in [-0.2, 0) is 11.2 Å². The van der Waals surface area contributed by atoms with E-state index < -0.39 is 0 Å². The average Bonchev–Trinajstić information content (AvgIpc) is 2.76. The molecule has 0 saturated heterocycles. The van der Waals surface area contributed by atoms with E-state index >= 15 is 0 Å². The Labute approximate surface area is 104 Å². The molecule has 1 aromatic carbocycles. The Morgan fingerprint density at radius 3 is 2.76 bits per heavy atom. The van der Waals surface area contributed by atoms with Gasteiger partial charge in [-0.25, -0.2) is 0 Å². The van der Waals surface area contributed by atoms with Crippen molar-refractivity contribution in [1.82, 2.24) is 0 Å². The van der Waals surface area contributed by atoms with Crippen molar-refractivity contribution in [2.75, 3.05) is 0 Å². The van der Waals surface area contributed by atoms with Crippen molar-refractivity contribution in [3.8, 4) is 0 Å². The van der Waals surface area contributed by atoms with Crippen molar-refractivity contribution in [2.45, 2.75) is 38.5 Å². The highest BCUT2D eigenvalue weighted by atomic mass is 16.1. The zero-order valence-corrected chi connectivity index (χ0v) is 10.3. The summed E-state index contributed by atoms with van der Waals surface area (Å²) in [6, 6.07) is 10.6. The Bertz CT molecular complexity index is 378. The lowest BCUT2D eigenvalue weighted by Crippen LogP contribution is -1.90. The fraction of sp³-hybridized carbons (Fsp3) is 0.438. The minimum Gasteiger partial charge on any atom is -0.300 e. The monoisotopic (exact) mass is 228 g/mol. The minimum absolute atomic E-state index is 0.434. The van der Waals surface area contributed by atoms with Crippen LogP contribution in [0.3, 0.4) is 0 Å². The van der Waals surface area contributed by atoms with Gasteiger partial charge in [0.05, 0.1) is 0 Å². The standard InChI is InChI=1S/C16H20O/c17-16-12-11-15(13-16)10-6-2-5-9-14-7-3-1-4-8-14/h1,3-4,6-8,10,15H,2,5,9,11-13H2/b10-6+/t15-/m0/s1. The number of aryl methyl sites for hydroxylation is 1. The Morgan fingerprint density at radius 1 is 1.24 bits per heavy atom. The molecular weight excluding hydrogens is 208 g/mol. The zero-order valence-electron chi connectivity index (χ0n) is 10.3. The van der Waals surface area contributed by atoms with Crippen LogP contribution in [0.4, 0.5) is 0 Å². The van der Waals surface area contributed by atoms with Crippen LogP contribution in [0.25, 0.3) is 0 Å². The summed E-state index contributed by atoms with van der Waals surface area (Å²) in [5, 5.41) is 0. The molecule has 0 radical (unpaired) electrons. The summed E-state index contributed by atoms with van der Waals surface area (Å²) in [7, 11) is 0. The number of carbonyl (C=O) groups is 1. The highest BCUT2D eigenvalue weighted by Gasteiger charge is 2.18. The van der Waals surface area contributed by atoms with Gasteiger partial charge in [-0.15, -0.1) is 0 Å². The van der Waals surface area contributed by atoms with Crippen LogP contribution < -0.4 is 0 Å². The molecule has 1 fully saturated rings. The number of benzene rings is 1. The van der Waals surface area contributed by atoms with Gasteiger partial charge in [0.25, 0.3) is 0 Å². The maximum Gasteiger partial charge on any atom is 0.133 e. The van der Waals surface area contributed by atoms with Gasteiger partial charge in [-0.2, -0.15) is 0 Å². The molecule has 0 amide bonds. The number of carbonyl (C=O) groups excluding carboxylic acids is 1. The molecule has 17 heavy (non-hydrogen) atoms. The van der Waals surface area contributed by atoms with E-state index in [1.54, 1.807) is 0 Å². The number of hydrogen-bond donors (Lipinski definition) is 0. The third-order valence-electron chi connectivity index (χ3n) is 3.37. The van der Waals surface area contributed by atoms with Crippen LogP contribution in [0.1, 0.15) is 37.7 Å². The van der Waals surface area contributed by atoms with Crippen LogP contribution in [0.5, 0.6) is 0 Å². The van der Waals surface area contributed by atoms with E-state index in [1.165, 1.54) is 12.0 Å². The predicted octanol–water partition coefficient (Wildman–Crippen LogP) is 3.93. The van der Waals surface area contributed by atoms with E-state index in [9.17, 15) is 4.79 Å². The van der Waals surface area contributed by atoms with Gasteiger partial charge < -0.3 is 0 Å². The number of rotatable bonds is 5. The van der Waals surface area contributed by atoms with Crippen LogP contribution in [-0.4, -0.2) is 5.78 Å². The van der Waals surface area contributed by atoms with Crippen molar-refractivity contribution < 1.29 is 4.79 Å². The number of ketones is 1. The fourth-order valence-corrected chi connectivity index (χ4v) is 2.36. The van der Waals surface area contributed by atoms with Crippen LogP contribution in [0, 0.1) is 5.92 Å². The van der Waals surface area contributed by atoms with Gasteiger partial charge in [-0.3, -0.25) is 4.79 Å². The lowest BCUT2D eigenvalue weighted by atomic mass is 10.1. The van der Waals surface area contributed by atoms with Crippen molar-refractivity contribution in [3.63, 3.8) is 0 Å². The molecule has 2 rings (SSSR count). The maximum absolute atomic E-state index is 11.1. The molecule has 0 spiro atoms. The molecule has 1 nitrogen and oxygen atoms in total. The molecule has 1 aromatic rings. The highest BCUT2D eigenvalue weighted by molar-refractivity contribution is 5.80. The lowest BCUT2D eigenvalue weighted by Gasteiger charge is -2.00. The zero-order chi connectivity index (χ0) is 11.9. The quantitative estimate of drug-likeness (QED) is 0.551. The number of allylic oxidation sites excluding steroid dienone is 2. The first-order chi connectivity index (χ1) is 8.34. The second-order valence-electron chi connectivity index (χ2n) is 4.85. The summed E-state index contributed by atoms with van der Waals surface area (Å²) in [4.78, 5) is 11.1. The van der Waals surface area contributed by atoms with Gasteiger partial charge in [-0.05, 0) is 37.2 Å². The van der Waals surface area contributed by atoms with E-state index in [1.807, 2.05) is 0 Å². The van der Waals surface area contributed by atoms with Gasteiger partial charge >= 0.3 is 0 Å². The first-order valence-electron chi connectivity index (χ1n) is 6.57. The Kier molecular flexibility index (Phi) is 4.54. The third-order valence-corrected chi connectivity index (χ3v) is 3.37. The van der Waals surface area contributed by atoms with E-state index in [0.29, 0.717) is 11.7 Å². The lowest BCUT2D eigenvalue weighted by molar-refractivity contribution is -0.117.